The summed E-state index contributed by atoms with van der Waals surface area (Å²) in [5, 5.41) is 8.28. The van der Waals surface area contributed by atoms with Crippen LogP contribution in [0.25, 0.3) is 16.9 Å². The summed E-state index contributed by atoms with van der Waals surface area (Å²) in [7, 11) is 1.56. The number of anilines is 1. The standard InChI is InChI=1S/C20H18F3N7O/c1-11-6-7-30(29-11)19-27-16-8-14(31-3)4-5-15(16)17(28-19)26-12(2)13-9-24-18(25-10-13)20(21,22)23/h4-10,12H,1-3H3,(H,26,27,28)/t12-/m1/s1. The molecule has 4 aromatic rings. The second-order valence-corrected chi connectivity index (χ2v) is 6.86. The molecular formula is C20H18F3N7O. The lowest BCUT2D eigenvalue weighted by Gasteiger charge is -2.17. The summed E-state index contributed by atoms with van der Waals surface area (Å²) in [6.45, 7) is 3.63. The first-order chi connectivity index (χ1) is 14.7. The summed E-state index contributed by atoms with van der Waals surface area (Å²) in [5.41, 5.74) is 1.90. The van der Waals surface area contributed by atoms with Crippen LogP contribution in [0.1, 0.15) is 30.0 Å². The van der Waals surface area contributed by atoms with Crippen molar-refractivity contribution >= 4 is 16.7 Å². The summed E-state index contributed by atoms with van der Waals surface area (Å²) in [4.78, 5) is 16.0. The van der Waals surface area contributed by atoms with Gasteiger partial charge < -0.3 is 10.1 Å². The smallest absolute Gasteiger partial charge is 0.451 e. The molecule has 0 radical (unpaired) electrons. The molecule has 160 valence electrons. The van der Waals surface area contributed by atoms with E-state index in [4.69, 9.17) is 4.74 Å². The first kappa shape index (κ1) is 20.5. The van der Waals surface area contributed by atoms with Crippen LogP contribution < -0.4 is 10.1 Å². The largest absolute Gasteiger partial charge is 0.497 e. The highest BCUT2D eigenvalue weighted by molar-refractivity contribution is 5.90. The average Bonchev–Trinajstić information content (AvgIpc) is 3.19. The summed E-state index contributed by atoms with van der Waals surface area (Å²) in [6.07, 6.45) is -0.545. The molecule has 4 rings (SSSR count). The van der Waals surface area contributed by atoms with Gasteiger partial charge in [-0.2, -0.15) is 23.3 Å². The highest BCUT2D eigenvalue weighted by Gasteiger charge is 2.34. The van der Waals surface area contributed by atoms with E-state index in [0.29, 0.717) is 34.0 Å². The van der Waals surface area contributed by atoms with Gasteiger partial charge >= 0.3 is 6.18 Å². The van der Waals surface area contributed by atoms with Crippen LogP contribution in [0, 0.1) is 6.92 Å². The number of ether oxygens (including phenoxy) is 1. The second-order valence-electron chi connectivity index (χ2n) is 6.86. The van der Waals surface area contributed by atoms with E-state index >= 15 is 0 Å². The fourth-order valence-corrected chi connectivity index (χ4v) is 2.96. The topological polar surface area (TPSA) is 90.6 Å². The monoisotopic (exact) mass is 429 g/mol. The molecule has 0 saturated heterocycles. The molecule has 0 unspecified atom stereocenters. The minimum absolute atomic E-state index is 0.340. The van der Waals surface area contributed by atoms with Crippen molar-refractivity contribution in [3.8, 4) is 11.7 Å². The molecule has 11 heteroatoms. The van der Waals surface area contributed by atoms with E-state index in [9.17, 15) is 13.2 Å². The zero-order valence-corrected chi connectivity index (χ0v) is 16.8. The molecule has 0 aliphatic rings. The van der Waals surface area contributed by atoms with Gasteiger partial charge in [0.1, 0.15) is 11.6 Å². The highest BCUT2D eigenvalue weighted by atomic mass is 19.4. The first-order valence-corrected chi connectivity index (χ1v) is 9.28. The third kappa shape index (κ3) is 4.25. The Morgan fingerprint density at radius 1 is 1.10 bits per heavy atom. The van der Waals surface area contributed by atoms with Crippen LogP contribution in [-0.2, 0) is 6.18 Å². The van der Waals surface area contributed by atoms with Gasteiger partial charge in [0.15, 0.2) is 0 Å². The number of aryl methyl sites for hydroxylation is 1. The van der Waals surface area contributed by atoms with Crippen molar-refractivity contribution in [2.45, 2.75) is 26.1 Å². The molecule has 0 aliphatic heterocycles. The SMILES string of the molecule is COc1ccc2c(N[C@H](C)c3cnc(C(F)(F)F)nc3)nc(-n3ccc(C)n3)nc2c1. The van der Waals surface area contributed by atoms with E-state index in [1.165, 1.54) is 0 Å². The summed E-state index contributed by atoms with van der Waals surface area (Å²) in [5.74, 6) is 0.277. The van der Waals surface area contributed by atoms with Crippen molar-refractivity contribution in [3.63, 3.8) is 0 Å². The Balaban J connectivity index is 1.73. The van der Waals surface area contributed by atoms with Gasteiger partial charge in [-0.25, -0.2) is 19.6 Å². The third-order valence-corrected chi connectivity index (χ3v) is 4.60. The van der Waals surface area contributed by atoms with Crippen LogP contribution in [-0.4, -0.2) is 36.8 Å². The zero-order chi connectivity index (χ0) is 22.2. The zero-order valence-electron chi connectivity index (χ0n) is 16.8. The number of alkyl halides is 3. The second kappa shape index (κ2) is 7.82. The minimum Gasteiger partial charge on any atom is -0.497 e. The molecule has 1 aromatic carbocycles. The van der Waals surface area contributed by atoms with E-state index in [1.54, 1.807) is 37.0 Å². The fraction of sp³-hybridized carbons (Fsp3) is 0.250. The molecule has 0 aliphatic carbocycles. The van der Waals surface area contributed by atoms with Gasteiger partial charge in [-0.3, -0.25) is 0 Å². The van der Waals surface area contributed by atoms with Crippen molar-refractivity contribution in [3.05, 3.63) is 59.9 Å². The number of fused-ring (bicyclic) bond motifs is 1. The van der Waals surface area contributed by atoms with Crippen LogP contribution in [0.3, 0.4) is 0 Å². The van der Waals surface area contributed by atoms with Gasteiger partial charge in [-0.15, -0.1) is 0 Å². The summed E-state index contributed by atoms with van der Waals surface area (Å²) in [6, 6.07) is 6.77. The number of methoxy groups -OCH3 is 1. The van der Waals surface area contributed by atoms with Gasteiger partial charge in [-0.05, 0) is 32.0 Å². The molecule has 0 fully saturated rings. The molecule has 3 heterocycles. The Morgan fingerprint density at radius 2 is 1.84 bits per heavy atom. The van der Waals surface area contributed by atoms with E-state index in [1.807, 2.05) is 19.1 Å². The molecule has 0 bridgehead atoms. The Bertz CT molecular complexity index is 1220. The lowest BCUT2D eigenvalue weighted by Crippen LogP contribution is -2.14. The molecule has 3 aromatic heterocycles. The molecule has 1 atom stereocenters. The summed E-state index contributed by atoms with van der Waals surface area (Å²) >= 11 is 0. The molecule has 0 saturated carbocycles. The van der Waals surface area contributed by atoms with Crippen molar-refractivity contribution in [2.75, 3.05) is 12.4 Å². The van der Waals surface area contributed by atoms with Gasteiger partial charge in [0, 0.05) is 35.6 Å². The molecule has 31 heavy (non-hydrogen) atoms. The number of nitrogens with zero attached hydrogens (tertiary/aromatic N) is 6. The highest BCUT2D eigenvalue weighted by Crippen LogP contribution is 2.29. The first-order valence-electron chi connectivity index (χ1n) is 9.28. The molecule has 1 N–H and O–H groups in total. The lowest BCUT2D eigenvalue weighted by atomic mass is 10.1. The Morgan fingerprint density at radius 3 is 2.45 bits per heavy atom. The van der Waals surface area contributed by atoms with E-state index < -0.39 is 18.0 Å². The third-order valence-electron chi connectivity index (χ3n) is 4.60. The predicted molar refractivity (Wildman–Crippen MR) is 107 cm³/mol. The van der Waals surface area contributed by atoms with Crippen molar-refractivity contribution in [1.82, 2.24) is 29.7 Å². The Kier molecular flexibility index (Phi) is 5.17. The van der Waals surface area contributed by atoms with Gasteiger partial charge in [-0.1, -0.05) is 0 Å². The number of nitrogens with one attached hydrogen (secondary N) is 1. The van der Waals surface area contributed by atoms with Crippen LogP contribution in [0.15, 0.2) is 42.9 Å². The number of benzene rings is 1. The maximum Gasteiger partial charge on any atom is 0.451 e. The number of halogens is 3. The maximum atomic E-state index is 12.7. The number of rotatable bonds is 5. The van der Waals surface area contributed by atoms with Crippen LogP contribution in [0.4, 0.5) is 19.0 Å². The molecule has 0 spiro atoms. The van der Waals surface area contributed by atoms with Crippen LogP contribution >= 0.6 is 0 Å². The van der Waals surface area contributed by atoms with E-state index in [-0.39, 0.29) is 0 Å². The van der Waals surface area contributed by atoms with Crippen molar-refractivity contribution < 1.29 is 17.9 Å². The number of hydrogen-bond acceptors (Lipinski definition) is 7. The lowest BCUT2D eigenvalue weighted by molar-refractivity contribution is -0.145. The molecular weight excluding hydrogens is 411 g/mol. The minimum atomic E-state index is -4.59. The molecule has 0 amide bonds. The Labute approximate surface area is 175 Å². The van der Waals surface area contributed by atoms with Gasteiger partial charge in [0.25, 0.3) is 5.95 Å². The molecule has 8 nitrogen and oxygen atoms in total. The average molecular weight is 429 g/mol. The van der Waals surface area contributed by atoms with Crippen molar-refractivity contribution in [1.29, 1.82) is 0 Å². The summed E-state index contributed by atoms with van der Waals surface area (Å²) < 4.78 is 45.0. The van der Waals surface area contributed by atoms with Crippen LogP contribution in [0.2, 0.25) is 0 Å². The number of hydrogen-bond donors (Lipinski definition) is 1. The van der Waals surface area contributed by atoms with Crippen LogP contribution in [0.5, 0.6) is 5.75 Å². The number of aromatic nitrogens is 6. The normalized spacial score (nSPS) is 12.7. The van der Waals surface area contributed by atoms with Gasteiger partial charge in [0.2, 0.25) is 5.82 Å². The predicted octanol–water partition coefficient (Wildman–Crippen LogP) is 4.11. The quantitative estimate of drug-likeness (QED) is 0.510. The van der Waals surface area contributed by atoms with Crippen molar-refractivity contribution in [2.24, 2.45) is 0 Å². The maximum absolute atomic E-state index is 12.7. The fourth-order valence-electron chi connectivity index (χ4n) is 2.96. The van der Waals surface area contributed by atoms with Gasteiger partial charge in [0.05, 0.1) is 24.4 Å². The van der Waals surface area contributed by atoms with E-state index in [0.717, 1.165) is 18.1 Å². The van der Waals surface area contributed by atoms with E-state index in [2.05, 4.69) is 30.4 Å². The Hall–Kier alpha value is -3.76.